The van der Waals surface area contributed by atoms with Crippen molar-refractivity contribution in [2.45, 2.75) is 25.7 Å². The van der Waals surface area contributed by atoms with Crippen LogP contribution in [0.3, 0.4) is 0 Å². The molecule has 0 saturated heterocycles. The zero-order valence-corrected chi connectivity index (χ0v) is 19.7. The molecule has 34 heavy (non-hydrogen) atoms. The molecule has 0 atom stereocenters. The summed E-state index contributed by atoms with van der Waals surface area (Å²) in [6.45, 7) is 4.85. The van der Waals surface area contributed by atoms with Crippen LogP contribution >= 0.6 is 0 Å². The first-order valence-corrected chi connectivity index (χ1v) is 11.8. The Kier molecular flexibility index (Phi) is 7.42. The predicted molar refractivity (Wildman–Crippen MR) is 130 cm³/mol. The van der Waals surface area contributed by atoms with Crippen LogP contribution in [0.25, 0.3) is 0 Å². The van der Waals surface area contributed by atoms with Crippen molar-refractivity contribution in [1.82, 2.24) is 5.43 Å². The molecular weight excluding hydrogens is 456 g/mol. The molecule has 0 aromatic heterocycles. The maximum absolute atomic E-state index is 13.4. The number of hydrogen-bond acceptors (Lipinski definition) is 6. The summed E-state index contributed by atoms with van der Waals surface area (Å²) in [7, 11) is -4.04. The SMILES string of the molecule is C/C(=N/NC(=O)CN(c1ccc(C)c(C)c1)S(=O)(=O)c1ccccc1)c1cccc([N+](=O)[O-])c1. The Morgan fingerprint density at radius 2 is 1.71 bits per heavy atom. The number of nitrogens with zero attached hydrogens (tertiary/aromatic N) is 3. The second-order valence-corrected chi connectivity index (χ2v) is 9.50. The van der Waals surface area contributed by atoms with E-state index in [4.69, 9.17) is 0 Å². The van der Waals surface area contributed by atoms with Gasteiger partial charge in [-0.15, -0.1) is 0 Å². The van der Waals surface area contributed by atoms with Gasteiger partial charge < -0.3 is 0 Å². The molecule has 0 heterocycles. The van der Waals surface area contributed by atoms with Crippen LogP contribution in [0.2, 0.25) is 0 Å². The van der Waals surface area contributed by atoms with Gasteiger partial charge in [-0.05, 0) is 56.2 Å². The van der Waals surface area contributed by atoms with Gasteiger partial charge in [-0.3, -0.25) is 19.2 Å². The fourth-order valence-electron chi connectivity index (χ4n) is 3.14. The normalized spacial score (nSPS) is 11.7. The predicted octanol–water partition coefficient (Wildman–Crippen LogP) is 3.95. The summed E-state index contributed by atoms with van der Waals surface area (Å²) in [6, 6.07) is 18.8. The number of nitro benzene ring substituents is 1. The number of hydrogen-bond donors (Lipinski definition) is 1. The van der Waals surface area contributed by atoms with Crippen molar-refractivity contribution in [3.63, 3.8) is 0 Å². The van der Waals surface area contributed by atoms with Crippen LogP contribution in [0.5, 0.6) is 0 Å². The summed E-state index contributed by atoms with van der Waals surface area (Å²) in [6.07, 6.45) is 0. The molecule has 10 heteroatoms. The first-order valence-electron chi connectivity index (χ1n) is 10.3. The highest BCUT2D eigenvalue weighted by Gasteiger charge is 2.27. The number of sulfonamides is 1. The number of anilines is 1. The van der Waals surface area contributed by atoms with Crippen LogP contribution in [0.15, 0.2) is 82.8 Å². The molecule has 1 amide bonds. The lowest BCUT2D eigenvalue weighted by molar-refractivity contribution is -0.384. The van der Waals surface area contributed by atoms with E-state index >= 15 is 0 Å². The average molecular weight is 481 g/mol. The van der Waals surface area contributed by atoms with E-state index in [2.05, 4.69) is 10.5 Å². The van der Waals surface area contributed by atoms with Gasteiger partial charge in [0.2, 0.25) is 0 Å². The van der Waals surface area contributed by atoms with E-state index in [9.17, 15) is 23.3 Å². The Bertz CT molecular complexity index is 1350. The molecule has 0 bridgehead atoms. The van der Waals surface area contributed by atoms with E-state index in [-0.39, 0.29) is 10.6 Å². The summed E-state index contributed by atoms with van der Waals surface area (Å²) in [4.78, 5) is 23.3. The molecule has 0 radical (unpaired) electrons. The van der Waals surface area contributed by atoms with E-state index < -0.39 is 27.4 Å². The van der Waals surface area contributed by atoms with Crippen LogP contribution in [-0.4, -0.2) is 31.5 Å². The molecule has 0 aliphatic carbocycles. The molecule has 0 fully saturated rings. The van der Waals surface area contributed by atoms with Gasteiger partial charge in [0.15, 0.2) is 0 Å². The summed E-state index contributed by atoms with van der Waals surface area (Å²) >= 11 is 0. The number of nitro groups is 1. The van der Waals surface area contributed by atoms with E-state index in [1.165, 1.54) is 30.3 Å². The zero-order valence-electron chi connectivity index (χ0n) is 18.9. The zero-order chi connectivity index (χ0) is 24.9. The number of benzene rings is 3. The van der Waals surface area contributed by atoms with Crippen molar-refractivity contribution < 1.29 is 18.1 Å². The fraction of sp³-hybridized carbons (Fsp3) is 0.167. The summed E-state index contributed by atoms with van der Waals surface area (Å²) in [5.74, 6) is -0.664. The molecule has 1 N–H and O–H groups in total. The molecule has 0 spiro atoms. The Balaban J connectivity index is 1.88. The van der Waals surface area contributed by atoms with Crippen molar-refractivity contribution in [3.05, 3.63) is 99.6 Å². The quantitative estimate of drug-likeness (QED) is 0.297. The highest BCUT2D eigenvalue weighted by molar-refractivity contribution is 7.92. The number of nitrogens with one attached hydrogen (secondary N) is 1. The maximum atomic E-state index is 13.4. The number of non-ortho nitro benzene ring substituents is 1. The van der Waals surface area contributed by atoms with Crippen molar-refractivity contribution in [2.75, 3.05) is 10.8 Å². The van der Waals surface area contributed by atoms with E-state index in [0.29, 0.717) is 17.0 Å². The minimum absolute atomic E-state index is 0.0531. The van der Waals surface area contributed by atoms with Crippen LogP contribution in [-0.2, 0) is 14.8 Å². The van der Waals surface area contributed by atoms with Crippen molar-refractivity contribution in [1.29, 1.82) is 0 Å². The van der Waals surface area contributed by atoms with Gasteiger partial charge in [-0.2, -0.15) is 5.10 Å². The Morgan fingerprint density at radius 1 is 1.00 bits per heavy atom. The van der Waals surface area contributed by atoms with Crippen LogP contribution in [0.4, 0.5) is 11.4 Å². The molecule has 0 aliphatic rings. The number of rotatable bonds is 8. The Morgan fingerprint density at radius 3 is 2.35 bits per heavy atom. The summed E-state index contributed by atoms with van der Waals surface area (Å²) < 4.78 is 27.8. The molecule has 0 unspecified atom stereocenters. The van der Waals surface area contributed by atoms with Gasteiger partial charge in [0.25, 0.3) is 21.6 Å². The monoisotopic (exact) mass is 480 g/mol. The van der Waals surface area contributed by atoms with Crippen molar-refractivity contribution >= 4 is 33.0 Å². The standard InChI is InChI=1S/C24H24N4O5S/c1-17-12-13-21(14-18(17)2)27(34(32,33)23-10-5-4-6-11-23)16-24(29)26-25-19(3)20-8-7-9-22(15-20)28(30)31/h4-15H,16H2,1-3H3,(H,26,29)/b25-19-. The third-order valence-corrected chi connectivity index (χ3v) is 7.01. The molecule has 0 aliphatic heterocycles. The lowest BCUT2D eigenvalue weighted by Gasteiger charge is -2.24. The largest absolute Gasteiger partial charge is 0.271 e. The topological polar surface area (TPSA) is 122 Å². The highest BCUT2D eigenvalue weighted by atomic mass is 32.2. The van der Waals surface area contributed by atoms with Gasteiger partial charge in [-0.1, -0.05) is 36.4 Å². The lowest BCUT2D eigenvalue weighted by Crippen LogP contribution is -2.39. The third kappa shape index (κ3) is 5.65. The molecule has 3 aromatic rings. The number of aryl methyl sites for hydroxylation is 2. The van der Waals surface area contributed by atoms with Gasteiger partial charge >= 0.3 is 0 Å². The van der Waals surface area contributed by atoms with Crippen LogP contribution in [0.1, 0.15) is 23.6 Å². The molecule has 3 aromatic carbocycles. The Labute approximate surface area is 197 Å². The van der Waals surface area contributed by atoms with Gasteiger partial charge in [0, 0.05) is 17.7 Å². The van der Waals surface area contributed by atoms with Gasteiger partial charge in [-0.25, -0.2) is 13.8 Å². The second-order valence-electron chi connectivity index (χ2n) is 7.63. The number of amides is 1. The van der Waals surface area contributed by atoms with Crippen molar-refractivity contribution in [2.24, 2.45) is 5.10 Å². The van der Waals surface area contributed by atoms with Crippen molar-refractivity contribution in [3.8, 4) is 0 Å². The number of carbonyl (C=O) groups is 1. The van der Waals surface area contributed by atoms with Gasteiger partial charge in [0.05, 0.1) is 21.2 Å². The van der Waals surface area contributed by atoms with E-state index in [1.54, 1.807) is 49.4 Å². The molecule has 0 saturated carbocycles. The smallest absolute Gasteiger partial charge is 0.270 e. The summed E-state index contributed by atoms with van der Waals surface area (Å²) in [5, 5.41) is 15.0. The minimum Gasteiger partial charge on any atom is -0.271 e. The highest BCUT2D eigenvalue weighted by Crippen LogP contribution is 2.25. The Hall–Kier alpha value is -4.05. The van der Waals surface area contributed by atoms with E-state index in [1.807, 2.05) is 13.8 Å². The first-order chi connectivity index (χ1) is 16.1. The minimum atomic E-state index is -4.04. The second kappa shape index (κ2) is 10.3. The molecular formula is C24H24N4O5S. The average Bonchev–Trinajstić information content (AvgIpc) is 2.83. The van der Waals surface area contributed by atoms with Crippen LogP contribution in [0, 0.1) is 24.0 Å². The molecule has 176 valence electrons. The lowest BCUT2D eigenvalue weighted by atomic mass is 10.1. The maximum Gasteiger partial charge on any atom is 0.270 e. The number of carbonyl (C=O) groups excluding carboxylic acids is 1. The van der Waals surface area contributed by atoms with E-state index in [0.717, 1.165) is 15.4 Å². The van der Waals surface area contributed by atoms with Gasteiger partial charge in [0.1, 0.15) is 6.54 Å². The first kappa shape index (κ1) is 24.6. The fourth-order valence-corrected chi connectivity index (χ4v) is 4.57. The number of hydrazone groups is 1. The third-order valence-electron chi connectivity index (χ3n) is 5.22. The molecule has 3 rings (SSSR count). The summed E-state index contributed by atoms with van der Waals surface area (Å²) in [5.41, 5.74) is 5.26. The molecule has 9 nitrogen and oxygen atoms in total. The van der Waals surface area contributed by atoms with Crippen LogP contribution < -0.4 is 9.73 Å².